The van der Waals surface area contributed by atoms with Gasteiger partial charge >= 0.3 is 0 Å². The fourth-order valence-electron chi connectivity index (χ4n) is 4.23. The first-order chi connectivity index (χ1) is 19.7. The van der Waals surface area contributed by atoms with E-state index in [1.165, 1.54) is 35.2 Å². The molecule has 0 spiro atoms. The SMILES string of the molecule is CC[C@H](C(=O)NCC(C)C)N(Cc1ccc(Cl)c(Cl)c1)C(=O)CN(c1cc(Cl)cc(Cl)c1)S(=O)(=O)c1ccc(C)cc1. The van der Waals surface area contributed by atoms with Crippen LogP contribution in [0.4, 0.5) is 5.69 Å². The zero-order valence-corrected chi connectivity index (χ0v) is 27.5. The van der Waals surface area contributed by atoms with Gasteiger partial charge in [0.25, 0.3) is 10.0 Å². The molecule has 0 aliphatic heterocycles. The molecule has 0 saturated carbocycles. The Kier molecular flexibility index (Phi) is 12.0. The van der Waals surface area contributed by atoms with Crippen molar-refractivity contribution in [2.75, 3.05) is 17.4 Å². The number of hydrogen-bond acceptors (Lipinski definition) is 4. The molecule has 0 aliphatic rings. The van der Waals surface area contributed by atoms with E-state index in [1.807, 2.05) is 20.8 Å². The van der Waals surface area contributed by atoms with Crippen molar-refractivity contribution in [3.63, 3.8) is 0 Å². The van der Waals surface area contributed by atoms with E-state index in [4.69, 9.17) is 46.4 Å². The maximum atomic E-state index is 14.1. The molecule has 1 N–H and O–H groups in total. The number of halogens is 4. The van der Waals surface area contributed by atoms with Crippen LogP contribution in [0.15, 0.2) is 65.6 Å². The number of amides is 2. The topological polar surface area (TPSA) is 86.8 Å². The number of anilines is 1. The highest BCUT2D eigenvalue weighted by Crippen LogP contribution is 2.31. The van der Waals surface area contributed by atoms with Gasteiger partial charge in [-0.1, -0.05) is 90.9 Å². The number of hydrogen-bond donors (Lipinski definition) is 1. The minimum absolute atomic E-state index is 0.0158. The van der Waals surface area contributed by atoms with Crippen LogP contribution >= 0.6 is 46.4 Å². The van der Waals surface area contributed by atoms with Crippen molar-refractivity contribution in [2.45, 2.75) is 51.6 Å². The number of sulfonamides is 1. The molecule has 0 unspecified atom stereocenters. The predicted molar refractivity (Wildman–Crippen MR) is 171 cm³/mol. The zero-order valence-electron chi connectivity index (χ0n) is 23.7. The molecule has 7 nitrogen and oxygen atoms in total. The number of benzene rings is 3. The molecule has 0 radical (unpaired) electrons. The highest BCUT2D eigenvalue weighted by Gasteiger charge is 2.34. The van der Waals surface area contributed by atoms with Crippen LogP contribution in [0.1, 0.15) is 38.3 Å². The lowest BCUT2D eigenvalue weighted by Gasteiger charge is -2.33. The Labute approximate surface area is 267 Å². The summed E-state index contributed by atoms with van der Waals surface area (Å²) in [4.78, 5) is 28.8. The first-order valence-electron chi connectivity index (χ1n) is 13.3. The van der Waals surface area contributed by atoms with E-state index in [9.17, 15) is 18.0 Å². The van der Waals surface area contributed by atoms with E-state index in [0.29, 0.717) is 17.1 Å². The van der Waals surface area contributed by atoms with Crippen molar-refractivity contribution in [2.24, 2.45) is 5.92 Å². The van der Waals surface area contributed by atoms with Gasteiger partial charge in [0.1, 0.15) is 12.6 Å². The molecule has 0 aliphatic carbocycles. The molecule has 0 saturated heterocycles. The Morgan fingerprint density at radius 1 is 0.881 bits per heavy atom. The molecular formula is C30H33Cl4N3O4S. The number of rotatable bonds is 12. The van der Waals surface area contributed by atoms with Crippen molar-refractivity contribution in [3.05, 3.63) is 91.9 Å². The van der Waals surface area contributed by atoms with Crippen LogP contribution in [0.25, 0.3) is 0 Å². The summed E-state index contributed by atoms with van der Waals surface area (Å²) >= 11 is 24.8. The molecule has 3 aromatic carbocycles. The second kappa shape index (κ2) is 14.8. The van der Waals surface area contributed by atoms with Crippen LogP contribution in [0.3, 0.4) is 0 Å². The number of carbonyl (C=O) groups excluding carboxylic acids is 2. The number of aryl methyl sites for hydroxylation is 1. The Balaban J connectivity index is 2.09. The number of nitrogens with one attached hydrogen (secondary N) is 1. The van der Waals surface area contributed by atoms with Gasteiger partial charge < -0.3 is 10.2 Å². The standard InChI is InChI=1S/C30H33Cl4N3O4S/c1-5-28(30(39)35-16-19(2)3)36(17-21-8-11-26(33)27(34)12-21)29(38)18-37(24-14-22(31)13-23(32)15-24)42(40,41)25-9-6-20(4)7-10-25/h6-15,19,28H,5,16-18H2,1-4H3,(H,35,39)/t28-/m1/s1. The van der Waals surface area contributed by atoms with Crippen LogP contribution in [0, 0.1) is 12.8 Å². The van der Waals surface area contributed by atoms with Crippen LogP contribution in [-0.2, 0) is 26.2 Å². The molecule has 42 heavy (non-hydrogen) atoms. The van der Waals surface area contributed by atoms with Crippen molar-refractivity contribution >= 4 is 73.9 Å². The van der Waals surface area contributed by atoms with E-state index in [0.717, 1.165) is 9.87 Å². The molecule has 226 valence electrons. The maximum Gasteiger partial charge on any atom is 0.264 e. The third kappa shape index (κ3) is 8.77. The minimum Gasteiger partial charge on any atom is -0.354 e. The second-order valence-corrected chi connectivity index (χ2v) is 13.8. The molecular weight excluding hydrogens is 640 g/mol. The van der Waals surface area contributed by atoms with Crippen molar-refractivity contribution in [3.8, 4) is 0 Å². The van der Waals surface area contributed by atoms with Gasteiger partial charge in [-0.3, -0.25) is 13.9 Å². The Hall–Kier alpha value is -2.49. The highest BCUT2D eigenvalue weighted by atomic mass is 35.5. The van der Waals surface area contributed by atoms with Crippen LogP contribution in [0.5, 0.6) is 0 Å². The molecule has 2 amide bonds. The summed E-state index contributed by atoms with van der Waals surface area (Å²) in [5.74, 6) is -0.772. The third-order valence-corrected chi connectivity index (χ3v) is 9.39. The molecule has 0 aromatic heterocycles. The molecule has 12 heteroatoms. The maximum absolute atomic E-state index is 14.1. The average Bonchev–Trinajstić information content (AvgIpc) is 2.91. The summed E-state index contributed by atoms with van der Waals surface area (Å²) < 4.78 is 28.9. The van der Waals surface area contributed by atoms with Crippen molar-refractivity contribution in [1.82, 2.24) is 10.2 Å². The Morgan fingerprint density at radius 2 is 1.50 bits per heavy atom. The smallest absolute Gasteiger partial charge is 0.264 e. The van der Waals surface area contributed by atoms with E-state index >= 15 is 0 Å². The summed E-state index contributed by atoms with van der Waals surface area (Å²) in [6, 6.07) is 14.6. The summed E-state index contributed by atoms with van der Waals surface area (Å²) in [6.07, 6.45) is 0.282. The van der Waals surface area contributed by atoms with Crippen LogP contribution < -0.4 is 9.62 Å². The summed E-state index contributed by atoms with van der Waals surface area (Å²) in [7, 11) is -4.26. The number of nitrogens with zero attached hydrogens (tertiary/aromatic N) is 2. The summed E-state index contributed by atoms with van der Waals surface area (Å²) in [5, 5.41) is 3.91. The average molecular weight is 673 g/mol. The Bertz CT molecular complexity index is 1510. The van der Waals surface area contributed by atoms with Crippen molar-refractivity contribution in [1.29, 1.82) is 0 Å². The molecule has 0 heterocycles. The monoisotopic (exact) mass is 671 g/mol. The van der Waals surface area contributed by atoms with E-state index < -0.39 is 28.5 Å². The van der Waals surface area contributed by atoms with Gasteiger partial charge in [-0.05, 0) is 67.3 Å². The fraction of sp³-hybridized carbons (Fsp3) is 0.333. The Morgan fingerprint density at radius 3 is 2.05 bits per heavy atom. The first-order valence-corrected chi connectivity index (χ1v) is 16.2. The third-order valence-electron chi connectivity index (χ3n) is 6.43. The normalized spacial score (nSPS) is 12.2. The van der Waals surface area contributed by atoms with E-state index in [2.05, 4.69) is 5.32 Å². The van der Waals surface area contributed by atoms with Gasteiger partial charge in [-0.15, -0.1) is 0 Å². The molecule has 3 rings (SSSR count). The van der Waals surface area contributed by atoms with Gasteiger partial charge in [-0.2, -0.15) is 0 Å². The summed E-state index contributed by atoms with van der Waals surface area (Å²) in [6.45, 7) is 7.32. The molecule has 3 aromatic rings. The lowest BCUT2D eigenvalue weighted by molar-refractivity contribution is -0.140. The predicted octanol–water partition coefficient (Wildman–Crippen LogP) is 7.38. The van der Waals surface area contributed by atoms with Gasteiger partial charge in [0.15, 0.2) is 0 Å². The van der Waals surface area contributed by atoms with Gasteiger partial charge in [0, 0.05) is 23.1 Å². The molecule has 0 fully saturated rings. The highest BCUT2D eigenvalue weighted by molar-refractivity contribution is 7.92. The lowest BCUT2D eigenvalue weighted by Crippen LogP contribution is -2.52. The van der Waals surface area contributed by atoms with Crippen LogP contribution in [0.2, 0.25) is 20.1 Å². The largest absolute Gasteiger partial charge is 0.354 e. The van der Waals surface area contributed by atoms with E-state index in [-0.39, 0.29) is 50.4 Å². The van der Waals surface area contributed by atoms with Crippen LogP contribution in [-0.4, -0.2) is 44.3 Å². The van der Waals surface area contributed by atoms with Crippen molar-refractivity contribution < 1.29 is 18.0 Å². The quantitative estimate of drug-likeness (QED) is 0.218. The molecule has 1 atom stereocenters. The zero-order chi connectivity index (χ0) is 31.2. The second-order valence-electron chi connectivity index (χ2n) is 10.3. The number of carbonyl (C=O) groups is 2. The van der Waals surface area contributed by atoms with E-state index in [1.54, 1.807) is 37.3 Å². The van der Waals surface area contributed by atoms with Gasteiger partial charge in [0.05, 0.1) is 20.6 Å². The lowest BCUT2D eigenvalue weighted by atomic mass is 10.1. The summed E-state index contributed by atoms with van der Waals surface area (Å²) in [5.41, 5.74) is 1.59. The minimum atomic E-state index is -4.26. The molecule has 0 bridgehead atoms. The fourth-order valence-corrected chi connectivity index (χ4v) is 6.46. The van der Waals surface area contributed by atoms with Gasteiger partial charge in [0.2, 0.25) is 11.8 Å². The van der Waals surface area contributed by atoms with Gasteiger partial charge in [-0.25, -0.2) is 8.42 Å². The first kappa shape index (κ1) is 34.0.